The molecule has 2 saturated carbocycles. The molecule has 31 heavy (non-hydrogen) atoms. The predicted octanol–water partition coefficient (Wildman–Crippen LogP) is 5.82. The summed E-state index contributed by atoms with van der Waals surface area (Å²) in [5.74, 6) is 0.591. The van der Waals surface area contributed by atoms with Crippen molar-refractivity contribution in [3.63, 3.8) is 0 Å². The Morgan fingerprint density at radius 2 is 1.84 bits per heavy atom. The number of aromatic hydroxyl groups is 1. The van der Waals surface area contributed by atoms with Gasteiger partial charge in [-0.1, -0.05) is 46.3 Å². The molecule has 0 heterocycles. The van der Waals surface area contributed by atoms with E-state index in [4.69, 9.17) is 0 Å². The summed E-state index contributed by atoms with van der Waals surface area (Å²) in [6, 6.07) is 4.63. The van der Waals surface area contributed by atoms with E-state index in [0.717, 1.165) is 37.7 Å². The molecule has 4 rings (SSSR count). The van der Waals surface area contributed by atoms with E-state index in [0.29, 0.717) is 24.2 Å². The molecule has 1 unspecified atom stereocenters. The summed E-state index contributed by atoms with van der Waals surface area (Å²) in [5.41, 5.74) is 2.50. The summed E-state index contributed by atoms with van der Waals surface area (Å²) in [6.07, 6.45) is 7.81. The number of hydrogen-bond donors (Lipinski definition) is 3. The Morgan fingerprint density at radius 3 is 2.52 bits per heavy atom. The van der Waals surface area contributed by atoms with Crippen LogP contribution in [0.2, 0.25) is 0 Å². The number of carboxylic acids is 1. The van der Waals surface area contributed by atoms with Gasteiger partial charge in [-0.15, -0.1) is 0 Å². The number of rotatable bonds is 3. The van der Waals surface area contributed by atoms with Gasteiger partial charge in [0.2, 0.25) is 0 Å². The molecular formula is C27H38O4. The van der Waals surface area contributed by atoms with Crippen molar-refractivity contribution in [1.29, 1.82) is 0 Å². The van der Waals surface area contributed by atoms with E-state index in [9.17, 15) is 20.1 Å². The molecule has 3 aliphatic carbocycles. The molecular weight excluding hydrogens is 388 g/mol. The molecule has 0 aromatic heterocycles. The molecule has 0 aliphatic heterocycles. The first-order valence-electron chi connectivity index (χ1n) is 11.8. The minimum atomic E-state index is -0.963. The van der Waals surface area contributed by atoms with Gasteiger partial charge in [-0.05, 0) is 96.3 Å². The standard InChI is InChI=1S/C27H38O4/c1-16-6-8-21-20(9-11-23-25(2,3)14-19(28)15-27(21,23)5)26(16,4)13-18-12-17(24(30)31)7-10-22(18)29/h7-8,10,12,16,19-20,23,28-29H,6,9,11,13-15H2,1-5H3,(H,30,31)/t16?,19-,20+,23+,26+,27-/m0/s1. The predicted molar refractivity (Wildman–Crippen MR) is 122 cm³/mol. The van der Waals surface area contributed by atoms with Crippen LogP contribution in [0.5, 0.6) is 5.75 Å². The number of fused-ring (bicyclic) bond motifs is 3. The number of allylic oxidation sites excluding steroid dienone is 2. The third kappa shape index (κ3) is 3.51. The largest absolute Gasteiger partial charge is 0.508 e. The summed E-state index contributed by atoms with van der Waals surface area (Å²) < 4.78 is 0. The molecule has 0 spiro atoms. The van der Waals surface area contributed by atoms with Gasteiger partial charge in [-0.2, -0.15) is 0 Å². The fourth-order valence-electron chi connectivity index (χ4n) is 7.78. The van der Waals surface area contributed by atoms with E-state index in [1.807, 2.05) is 0 Å². The first-order chi connectivity index (χ1) is 14.4. The quantitative estimate of drug-likeness (QED) is 0.532. The number of phenolic OH excluding ortho intramolecular Hbond substituents is 1. The topological polar surface area (TPSA) is 77.8 Å². The Morgan fingerprint density at radius 1 is 1.13 bits per heavy atom. The number of carbonyl (C=O) groups is 1. The van der Waals surface area contributed by atoms with Crippen LogP contribution in [0.4, 0.5) is 0 Å². The number of aromatic carboxylic acids is 1. The highest BCUT2D eigenvalue weighted by atomic mass is 16.4. The lowest BCUT2D eigenvalue weighted by Crippen LogP contribution is -2.55. The lowest BCUT2D eigenvalue weighted by Gasteiger charge is -2.62. The molecule has 4 nitrogen and oxygen atoms in total. The first kappa shape index (κ1) is 22.4. The highest BCUT2D eigenvalue weighted by molar-refractivity contribution is 5.88. The van der Waals surface area contributed by atoms with Crippen LogP contribution in [0.3, 0.4) is 0 Å². The van der Waals surface area contributed by atoms with Crippen molar-refractivity contribution in [3.8, 4) is 5.75 Å². The Balaban J connectivity index is 1.73. The van der Waals surface area contributed by atoms with Gasteiger partial charge in [0.05, 0.1) is 11.7 Å². The van der Waals surface area contributed by atoms with Gasteiger partial charge >= 0.3 is 5.97 Å². The Bertz CT molecular complexity index is 916. The lowest BCUT2D eigenvalue weighted by molar-refractivity contribution is -0.0879. The second-order valence-corrected chi connectivity index (χ2v) is 11.8. The zero-order chi connectivity index (χ0) is 22.8. The Labute approximate surface area is 186 Å². The van der Waals surface area contributed by atoms with E-state index in [-0.39, 0.29) is 33.7 Å². The maximum Gasteiger partial charge on any atom is 0.335 e. The van der Waals surface area contributed by atoms with Crippen molar-refractivity contribution < 1.29 is 20.1 Å². The second-order valence-electron chi connectivity index (χ2n) is 11.8. The van der Waals surface area contributed by atoms with Crippen LogP contribution in [-0.4, -0.2) is 27.4 Å². The first-order valence-corrected chi connectivity index (χ1v) is 11.8. The van der Waals surface area contributed by atoms with Gasteiger partial charge in [-0.25, -0.2) is 4.79 Å². The van der Waals surface area contributed by atoms with Crippen LogP contribution >= 0.6 is 0 Å². The smallest absolute Gasteiger partial charge is 0.335 e. The van der Waals surface area contributed by atoms with Gasteiger partial charge in [0, 0.05) is 0 Å². The fraction of sp³-hybridized carbons (Fsp3) is 0.667. The van der Waals surface area contributed by atoms with Gasteiger partial charge in [-0.3, -0.25) is 0 Å². The maximum atomic E-state index is 11.5. The van der Waals surface area contributed by atoms with Crippen molar-refractivity contribution in [1.82, 2.24) is 0 Å². The van der Waals surface area contributed by atoms with Crippen LogP contribution in [0.25, 0.3) is 0 Å². The molecule has 0 bridgehead atoms. The normalized spacial score (nSPS) is 39.2. The summed E-state index contributed by atoms with van der Waals surface area (Å²) in [7, 11) is 0. The monoisotopic (exact) mass is 426 g/mol. The van der Waals surface area contributed by atoms with Gasteiger partial charge in [0.1, 0.15) is 5.75 Å². The molecule has 2 fully saturated rings. The van der Waals surface area contributed by atoms with Crippen LogP contribution in [-0.2, 0) is 6.42 Å². The number of carboxylic acid groups (broad SMARTS) is 1. The Kier molecular flexibility index (Phi) is 5.32. The zero-order valence-corrected chi connectivity index (χ0v) is 19.6. The molecule has 6 atom stereocenters. The maximum absolute atomic E-state index is 11.5. The molecule has 1 aromatic carbocycles. The minimum absolute atomic E-state index is 0.00353. The lowest BCUT2D eigenvalue weighted by atomic mass is 9.43. The number of aliphatic hydroxyl groups is 1. The molecule has 0 amide bonds. The van der Waals surface area contributed by atoms with Crippen LogP contribution in [0.15, 0.2) is 29.8 Å². The molecule has 0 saturated heterocycles. The van der Waals surface area contributed by atoms with E-state index >= 15 is 0 Å². The molecule has 3 aliphatic rings. The van der Waals surface area contributed by atoms with E-state index in [1.165, 1.54) is 17.7 Å². The third-order valence-electron chi connectivity index (χ3n) is 9.42. The average Bonchev–Trinajstić information content (AvgIpc) is 2.65. The van der Waals surface area contributed by atoms with Crippen molar-refractivity contribution in [2.75, 3.05) is 0 Å². The van der Waals surface area contributed by atoms with Crippen LogP contribution < -0.4 is 0 Å². The molecule has 4 heteroatoms. The molecule has 1 aromatic rings. The van der Waals surface area contributed by atoms with Crippen LogP contribution in [0.1, 0.15) is 82.6 Å². The van der Waals surface area contributed by atoms with Crippen molar-refractivity contribution in [2.45, 2.75) is 79.2 Å². The number of phenols is 1. The zero-order valence-electron chi connectivity index (χ0n) is 19.6. The van der Waals surface area contributed by atoms with Gasteiger partial charge < -0.3 is 15.3 Å². The van der Waals surface area contributed by atoms with E-state index in [2.05, 4.69) is 40.7 Å². The third-order valence-corrected chi connectivity index (χ3v) is 9.42. The minimum Gasteiger partial charge on any atom is -0.508 e. The van der Waals surface area contributed by atoms with Crippen molar-refractivity contribution in [2.24, 2.45) is 34.0 Å². The Hall–Kier alpha value is -1.81. The number of hydrogen-bond acceptors (Lipinski definition) is 3. The highest BCUT2D eigenvalue weighted by Crippen LogP contribution is 2.66. The SMILES string of the molecule is CC1CC=C2[C@@H](CC[C@@H]3C(C)(C)C[C@H](O)C[C@@]23C)[C@]1(C)Cc1cc(C(=O)O)ccc1O. The van der Waals surface area contributed by atoms with Gasteiger partial charge in [0.15, 0.2) is 0 Å². The molecule has 3 N–H and O–H groups in total. The van der Waals surface area contributed by atoms with Gasteiger partial charge in [0.25, 0.3) is 0 Å². The fourth-order valence-corrected chi connectivity index (χ4v) is 7.78. The summed E-state index contributed by atoms with van der Waals surface area (Å²) in [6.45, 7) is 11.6. The molecule has 170 valence electrons. The number of aliphatic hydroxyl groups excluding tert-OH is 1. The summed E-state index contributed by atoms with van der Waals surface area (Å²) in [4.78, 5) is 11.5. The summed E-state index contributed by atoms with van der Waals surface area (Å²) >= 11 is 0. The van der Waals surface area contributed by atoms with Crippen molar-refractivity contribution in [3.05, 3.63) is 41.0 Å². The van der Waals surface area contributed by atoms with Crippen LogP contribution in [0, 0.1) is 34.0 Å². The molecule has 0 radical (unpaired) electrons. The summed E-state index contributed by atoms with van der Waals surface area (Å²) in [5, 5.41) is 30.7. The second kappa shape index (κ2) is 7.37. The number of benzene rings is 1. The average molecular weight is 427 g/mol. The van der Waals surface area contributed by atoms with E-state index in [1.54, 1.807) is 6.07 Å². The highest BCUT2D eigenvalue weighted by Gasteiger charge is 2.58. The van der Waals surface area contributed by atoms with E-state index < -0.39 is 5.97 Å². The van der Waals surface area contributed by atoms with Crippen molar-refractivity contribution >= 4 is 5.97 Å².